The number of primary amides is 1. The summed E-state index contributed by atoms with van der Waals surface area (Å²) in [5.41, 5.74) is 21.6. The van der Waals surface area contributed by atoms with Gasteiger partial charge in [-0.2, -0.15) is 0 Å². The molecule has 0 radical (unpaired) electrons. The number of nitrogens with zero attached hydrogens (tertiary/aromatic N) is 2. The molecule has 1 heterocycles. The number of nitrogens with one attached hydrogen (secondary N) is 2. The summed E-state index contributed by atoms with van der Waals surface area (Å²) in [6.07, 6.45) is -0.173. The lowest BCUT2D eigenvalue weighted by atomic mass is 10.1. The Labute approximate surface area is 200 Å². The van der Waals surface area contributed by atoms with E-state index in [4.69, 9.17) is 33.1 Å². The summed E-state index contributed by atoms with van der Waals surface area (Å²) in [7, 11) is 0. The van der Waals surface area contributed by atoms with Crippen LogP contribution in [0.3, 0.4) is 0 Å². The van der Waals surface area contributed by atoms with Crippen LogP contribution in [0.1, 0.15) is 38.5 Å². The normalized spacial score (nSPS) is 17.5. The first-order valence-corrected chi connectivity index (χ1v) is 10.8. The van der Waals surface area contributed by atoms with Crippen LogP contribution in [0.25, 0.3) is 0 Å². The summed E-state index contributed by atoms with van der Waals surface area (Å²) in [6, 6.07) is -5.28. The lowest BCUT2D eigenvalue weighted by molar-refractivity contribution is -0.147. The monoisotopic (exact) mass is 500 g/mol. The van der Waals surface area contributed by atoms with Gasteiger partial charge < -0.3 is 48.7 Å². The molecule has 0 aromatic rings. The average molecular weight is 501 g/mol. The van der Waals surface area contributed by atoms with Crippen molar-refractivity contribution in [1.82, 2.24) is 15.5 Å². The smallest absolute Gasteiger partial charge is 0.326 e. The fourth-order valence-electron chi connectivity index (χ4n) is 3.48. The van der Waals surface area contributed by atoms with E-state index < -0.39 is 72.6 Å². The SMILES string of the molecule is NC(=O)CC(NC(=O)C1CCCN1C(=O)C(N)CCCN=C(N)N)C(=O)NC(CC(=O)O)C(=O)O. The van der Waals surface area contributed by atoms with Crippen LogP contribution in [0.4, 0.5) is 0 Å². The predicted molar refractivity (Wildman–Crippen MR) is 120 cm³/mol. The van der Waals surface area contributed by atoms with Crippen molar-refractivity contribution in [1.29, 1.82) is 0 Å². The Hall–Kier alpha value is -3.95. The van der Waals surface area contributed by atoms with Gasteiger partial charge in [-0.15, -0.1) is 0 Å². The van der Waals surface area contributed by atoms with Gasteiger partial charge in [0.2, 0.25) is 23.6 Å². The number of amides is 4. The highest BCUT2D eigenvalue weighted by Gasteiger charge is 2.38. The molecule has 0 spiro atoms. The minimum Gasteiger partial charge on any atom is -0.481 e. The topological polar surface area (TPSA) is 287 Å². The third-order valence-electron chi connectivity index (χ3n) is 5.15. The van der Waals surface area contributed by atoms with E-state index in [0.29, 0.717) is 12.8 Å². The van der Waals surface area contributed by atoms with Crippen molar-refractivity contribution in [3.63, 3.8) is 0 Å². The highest BCUT2D eigenvalue weighted by atomic mass is 16.4. The summed E-state index contributed by atoms with van der Waals surface area (Å²) in [5.74, 6) is -6.54. The van der Waals surface area contributed by atoms with E-state index in [0.717, 1.165) is 0 Å². The van der Waals surface area contributed by atoms with Gasteiger partial charge in [0.15, 0.2) is 5.96 Å². The van der Waals surface area contributed by atoms with Crippen LogP contribution >= 0.6 is 0 Å². The average Bonchev–Trinajstić information content (AvgIpc) is 3.24. The lowest BCUT2D eigenvalue weighted by Gasteiger charge is -2.28. The summed E-state index contributed by atoms with van der Waals surface area (Å²) < 4.78 is 0. The van der Waals surface area contributed by atoms with Crippen LogP contribution in [0.5, 0.6) is 0 Å². The number of rotatable bonds is 14. The standard InChI is InChI=1S/C19H32N8O8/c20-9(3-1-5-24-19(22)23)17(33)27-6-2-4-12(27)16(32)25-10(7-13(21)28)15(31)26-11(18(34)35)8-14(29)30/h9-12H,1-8,20H2,(H2,21,28)(H,25,32)(H,26,31)(H,29,30)(H,34,35)(H4,22,23,24). The van der Waals surface area contributed by atoms with Gasteiger partial charge in [0.05, 0.1) is 18.9 Å². The number of nitrogens with two attached hydrogens (primary N) is 4. The molecule has 196 valence electrons. The van der Waals surface area contributed by atoms with Crippen LogP contribution in [-0.4, -0.2) is 93.9 Å². The summed E-state index contributed by atoms with van der Waals surface area (Å²) >= 11 is 0. The van der Waals surface area contributed by atoms with Crippen molar-refractivity contribution in [2.75, 3.05) is 13.1 Å². The molecule has 0 aliphatic carbocycles. The first-order chi connectivity index (χ1) is 16.3. The fourth-order valence-corrected chi connectivity index (χ4v) is 3.48. The second-order valence-electron chi connectivity index (χ2n) is 7.97. The first kappa shape index (κ1) is 29.1. The largest absolute Gasteiger partial charge is 0.481 e. The minimum absolute atomic E-state index is 0.0895. The molecule has 35 heavy (non-hydrogen) atoms. The Kier molecular flexibility index (Phi) is 11.4. The molecule has 4 unspecified atom stereocenters. The minimum atomic E-state index is -1.80. The van der Waals surface area contributed by atoms with E-state index >= 15 is 0 Å². The maximum Gasteiger partial charge on any atom is 0.326 e. The Morgan fingerprint density at radius 1 is 1.00 bits per heavy atom. The number of carbonyl (C=O) groups excluding carboxylic acids is 4. The van der Waals surface area contributed by atoms with E-state index in [1.807, 2.05) is 5.32 Å². The Morgan fingerprint density at radius 3 is 2.20 bits per heavy atom. The number of likely N-dealkylation sites (tertiary alicyclic amines) is 1. The molecule has 12 N–H and O–H groups in total. The third-order valence-corrected chi connectivity index (χ3v) is 5.15. The molecular formula is C19H32N8O8. The molecule has 0 aromatic carbocycles. The Balaban J connectivity index is 2.86. The van der Waals surface area contributed by atoms with E-state index in [1.165, 1.54) is 4.90 Å². The zero-order valence-corrected chi connectivity index (χ0v) is 19.0. The zero-order valence-electron chi connectivity index (χ0n) is 19.0. The van der Waals surface area contributed by atoms with Crippen LogP contribution < -0.4 is 33.6 Å². The number of hydrogen-bond acceptors (Lipinski definition) is 8. The van der Waals surface area contributed by atoms with Crippen molar-refractivity contribution in [2.45, 2.75) is 62.7 Å². The van der Waals surface area contributed by atoms with Gasteiger partial charge in [-0.25, -0.2) is 4.79 Å². The summed E-state index contributed by atoms with van der Waals surface area (Å²) in [4.78, 5) is 76.7. The van der Waals surface area contributed by atoms with Crippen LogP contribution in [-0.2, 0) is 28.8 Å². The molecular weight excluding hydrogens is 468 g/mol. The summed E-state index contributed by atoms with van der Waals surface area (Å²) in [6.45, 7) is 0.515. The molecule has 1 aliphatic heterocycles. The predicted octanol–water partition coefficient (Wildman–Crippen LogP) is -4.24. The highest BCUT2D eigenvalue weighted by molar-refractivity contribution is 5.96. The number of aliphatic carboxylic acids is 2. The van der Waals surface area contributed by atoms with Gasteiger partial charge >= 0.3 is 11.9 Å². The number of hydrogen-bond donors (Lipinski definition) is 8. The molecule has 1 fully saturated rings. The van der Waals surface area contributed by atoms with Crippen molar-refractivity contribution in [3.05, 3.63) is 0 Å². The molecule has 1 rings (SSSR count). The van der Waals surface area contributed by atoms with E-state index in [-0.39, 0.29) is 31.9 Å². The van der Waals surface area contributed by atoms with Crippen molar-refractivity contribution in [3.8, 4) is 0 Å². The van der Waals surface area contributed by atoms with Gasteiger partial charge in [-0.1, -0.05) is 0 Å². The summed E-state index contributed by atoms with van der Waals surface area (Å²) in [5, 5.41) is 22.2. The van der Waals surface area contributed by atoms with E-state index in [9.17, 15) is 28.8 Å². The Bertz CT molecular complexity index is 860. The molecule has 1 aliphatic rings. The van der Waals surface area contributed by atoms with Crippen molar-refractivity contribution in [2.24, 2.45) is 27.9 Å². The molecule has 16 heteroatoms. The molecule has 1 saturated heterocycles. The van der Waals surface area contributed by atoms with Crippen LogP contribution in [0.15, 0.2) is 4.99 Å². The Morgan fingerprint density at radius 2 is 1.66 bits per heavy atom. The molecule has 0 saturated carbocycles. The first-order valence-electron chi connectivity index (χ1n) is 10.8. The number of carbonyl (C=O) groups is 6. The fraction of sp³-hybridized carbons (Fsp3) is 0.632. The quantitative estimate of drug-likeness (QED) is 0.0642. The maximum absolute atomic E-state index is 12.9. The van der Waals surface area contributed by atoms with Gasteiger partial charge in [-0.05, 0) is 25.7 Å². The number of aliphatic imine (C=N–C) groups is 1. The molecule has 16 nitrogen and oxygen atoms in total. The molecule has 0 bridgehead atoms. The van der Waals surface area contributed by atoms with Gasteiger partial charge in [0.1, 0.15) is 18.1 Å². The van der Waals surface area contributed by atoms with Crippen molar-refractivity contribution >= 4 is 41.5 Å². The molecule has 4 atom stereocenters. The second kappa shape index (κ2) is 13.7. The van der Waals surface area contributed by atoms with Crippen LogP contribution in [0.2, 0.25) is 0 Å². The van der Waals surface area contributed by atoms with E-state index in [1.54, 1.807) is 0 Å². The van der Waals surface area contributed by atoms with Gasteiger partial charge in [0, 0.05) is 13.1 Å². The highest BCUT2D eigenvalue weighted by Crippen LogP contribution is 2.19. The number of guanidine groups is 1. The zero-order chi connectivity index (χ0) is 26.7. The lowest BCUT2D eigenvalue weighted by Crippen LogP contribution is -2.57. The van der Waals surface area contributed by atoms with Gasteiger partial charge in [-0.3, -0.25) is 29.0 Å². The third kappa shape index (κ3) is 9.83. The number of carboxylic acid groups (broad SMARTS) is 2. The van der Waals surface area contributed by atoms with E-state index in [2.05, 4.69) is 10.3 Å². The van der Waals surface area contributed by atoms with Gasteiger partial charge in [0.25, 0.3) is 0 Å². The molecule has 0 aromatic heterocycles. The number of carboxylic acids is 2. The molecule has 4 amide bonds. The maximum atomic E-state index is 12.9. The second-order valence-corrected chi connectivity index (χ2v) is 7.97. The van der Waals surface area contributed by atoms with Crippen molar-refractivity contribution < 1.29 is 39.0 Å². The van der Waals surface area contributed by atoms with Crippen LogP contribution in [0, 0.1) is 0 Å².